The molecular weight excluding hydrogens is 516 g/mol. The summed E-state index contributed by atoms with van der Waals surface area (Å²) in [4.78, 5) is 23.1. The van der Waals surface area contributed by atoms with Crippen molar-refractivity contribution in [1.82, 2.24) is 14.5 Å². The Labute approximate surface area is 227 Å². The number of nitrogens with one attached hydrogen (secondary N) is 2. The van der Waals surface area contributed by atoms with Gasteiger partial charge in [0.05, 0.1) is 22.9 Å². The molecule has 3 aromatic carbocycles. The second kappa shape index (κ2) is 11.1. The fraction of sp³-hybridized carbons (Fsp3) is 0.207. The molecule has 0 bridgehead atoms. The zero-order chi connectivity index (χ0) is 28.3. The van der Waals surface area contributed by atoms with E-state index in [2.05, 4.69) is 5.32 Å². The van der Waals surface area contributed by atoms with Crippen LogP contribution in [0.1, 0.15) is 30.8 Å². The molecule has 202 valence electrons. The molecule has 0 atom stereocenters. The van der Waals surface area contributed by atoms with Crippen molar-refractivity contribution in [2.24, 2.45) is 0 Å². The van der Waals surface area contributed by atoms with Crippen LogP contribution in [-0.4, -0.2) is 36.8 Å². The van der Waals surface area contributed by atoms with Gasteiger partial charge in [0.1, 0.15) is 0 Å². The summed E-state index contributed by atoms with van der Waals surface area (Å²) in [5.41, 5.74) is 7.29. The number of rotatable bonds is 7. The molecule has 0 aliphatic heterocycles. The fourth-order valence-corrected chi connectivity index (χ4v) is 5.55. The third kappa shape index (κ3) is 6.01. The lowest BCUT2D eigenvalue weighted by Gasteiger charge is -2.13. The zero-order valence-electron chi connectivity index (χ0n) is 22.4. The summed E-state index contributed by atoms with van der Waals surface area (Å²) in [6, 6.07) is 19.9. The molecule has 0 spiro atoms. The van der Waals surface area contributed by atoms with E-state index in [-0.39, 0.29) is 17.4 Å². The monoisotopic (exact) mass is 546 g/mol. The third-order valence-corrected chi connectivity index (χ3v) is 7.50. The Kier molecular flexibility index (Phi) is 7.87. The predicted octanol–water partition coefficient (Wildman–Crippen LogP) is 5.52. The Balaban J connectivity index is 1.67. The number of aryl methyl sites for hydroxylation is 2. The lowest BCUT2D eigenvalue weighted by molar-refractivity contribution is -0.114. The maximum Gasteiger partial charge on any atom is 0.421 e. The smallest absolute Gasteiger partial charge is 0.421 e. The van der Waals surface area contributed by atoms with E-state index in [4.69, 9.17) is 9.84 Å². The first-order chi connectivity index (χ1) is 18.5. The van der Waals surface area contributed by atoms with Crippen LogP contribution in [0.25, 0.3) is 27.9 Å². The van der Waals surface area contributed by atoms with Crippen LogP contribution in [0, 0.1) is 20.8 Å². The molecule has 0 saturated carbocycles. The minimum Gasteiger partial charge on any atom is -0.449 e. The molecule has 2 amide bonds. The highest BCUT2D eigenvalue weighted by Gasteiger charge is 2.23. The highest BCUT2D eigenvalue weighted by atomic mass is 32.2. The number of benzene rings is 3. The first-order valence-electron chi connectivity index (χ1n) is 12.4. The Bertz CT molecular complexity index is 1640. The molecule has 4 aromatic rings. The third-order valence-electron chi connectivity index (χ3n) is 6.13. The predicted molar refractivity (Wildman–Crippen MR) is 150 cm³/mol. The van der Waals surface area contributed by atoms with E-state index in [1.165, 1.54) is 13.0 Å². The lowest BCUT2D eigenvalue weighted by Crippen LogP contribution is -2.31. The number of carbonyl (C=O) groups is 2. The van der Waals surface area contributed by atoms with Crippen molar-refractivity contribution in [2.75, 3.05) is 11.9 Å². The molecule has 0 fully saturated rings. The first-order valence-corrected chi connectivity index (χ1v) is 13.8. The average molecular weight is 547 g/mol. The van der Waals surface area contributed by atoms with Gasteiger partial charge in [0.25, 0.3) is 10.0 Å². The molecule has 39 heavy (non-hydrogen) atoms. The maximum atomic E-state index is 13.0. The minimum atomic E-state index is -4.15. The quantitative estimate of drug-likeness (QED) is 0.315. The Morgan fingerprint density at radius 1 is 0.923 bits per heavy atom. The van der Waals surface area contributed by atoms with Crippen molar-refractivity contribution in [1.29, 1.82) is 0 Å². The summed E-state index contributed by atoms with van der Waals surface area (Å²) < 4.78 is 34.5. The molecule has 0 aliphatic rings. The summed E-state index contributed by atoms with van der Waals surface area (Å²) in [5, 5.41) is 7.51. The molecule has 0 unspecified atom stereocenters. The van der Waals surface area contributed by atoms with Gasteiger partial charge in [-0.3, -0.25) is 4.79 Å². The number of nitrogens with zero attached hydrogens (tertiary/aromatic N) is 2. The molecule has 10 heteroatoms. The van der Waals surface area contributed by atoms with Crippen LogP contribution in [0.3, 0.4) is 0 Å². The number of ether oxygens (including phenoxy) is 1. The molecule has 2 N–H and O–H groups in total. The maximum absolute atomic E-state index is 13.0. The van der Waals surface area contributed by atoms with Gasteiger partial charge in [0.2, 0.25) is 5.91 Å². The summed E-state index contributed by atoms with van der Waals surface area (Å²) in [7, 11) is -4.15. The molecule has 0 radical (unpaired) electrons. The van der Waals surface area contributed by atoms with Crippen LogP contribution in [0.2, 0.25) is 0 Å². The van der Waals surface area contributed by atoms with Gasteiger partial charge in [-0.25, -0.2) is 22.6 Å². The highest BCUT2D eigenvalue weighted by molar-refractivity contribution is 7.90. The van der Waals surface area contributed by atoms with E-state index in [0.717, 1.165) is 39.5 Å². The standard InChI is InChI=1S/C29H30N4O5S/c1-6-38-29(35)32-39(36,37)27-16-7-18(2)17-26(27)22-10-14-25(15-11-22)33-20(4)28(19(3)31-33)23-8-12-24(13-9-23)30-21(5)34/h7-17H,6H2,1-5H3,(H,30,34)(H,32,35). The van der Waals surface area contributed by atoms with Crippen LogP contribution >= 0.6 is 0 Å². The van der Waals surface area contributed by atoms with Crippen molar-refractivity contribution in [2.45, 2.75) is 39.5 Å². The lowest BCUT2D eigenvalue weighted by atomic mass is 10.0. The number of hydrogen-bond acceptors (Lipinski definition) is 6. The van der Waals surface area contributed by atoms with Gasteiger partial charge in [-0.1, -0.05) is 42.0 Å². The normalized spacial score (nSPS) is 11.2. The summed E-state index contributed by atoms with van der Waals surface area (Å²) in [6.45, 7) is 8.91. The van der Waals surface area contributed by atoms with E-state index >= 15 is 0 Å². The van der Waals surface area contributed by atoms with Crippen LogP contribution in [0.15, 0.2) is 71.6 Å². The molecule has 9 nitrogen and oxygen atoms in total. The first kappa shape index (κ1) is 27.6. The van der Waals surface area contributed by atoms with Crippen molar-refractivity contribution in [3.63, 3.8) is 0 Å². The zero-order valence-corrected chi connectivity index (χ0v) is 23.2. The number of anilines is 1. The summed E-state index contributed by atoms with van der Waals surface area (Å²) in [5.74, 6) is -0.128. The largest absolute Gasteiger partial charge is 0.449 e. The molecular formula is C29H30N4O5S. The van der Waals surface area contributed by atoms with Crippen LogP contribution in [0.4, 0.5) is 10.5 Å². The average Bonchev–Trinajstić information content (AvgIpc) is 3.17. The van der Waals surface area contributed by atoms with Gasteiger partial charge in [0, 0.05) is 29.4 Å². The van der Waals surface area contributed by atoms with Gasteiger partial charge in [-0.15, -0.1) is 0 Å². The van der Waals surface area contributed by atoms with Gasteiger partial charge < -0.3 is 10.1 Å². The molecule has 0 saturated heterocycles. The van der Waals surface area contributed by atoms with E-state index in [9.17, 15) is 18.0 Å². The SMILES string of the molecule is CCOC(=O)NS(=O)(=O)c1ccc(C)cc1-c1ccc(-n2nc(C)c(-c3ccc(NC(C)=O)cc3)c2C)cc1. The van der Waals surface area contributed by atoms with Gasteiger partial charge in [0.15, 0.2) is 0 Å². The number of amides is 2. The van der Waals surface area contributed by atoms with E-state index in [1.807, 2.05) is 78.7 Å². The van der Waals surface area contributed by atoms with Crippen LogP contribution < -0.4 is 10.0 Å². The van der Waals surface area contributed by atoms with Gasteiger partial charge >= 0.3 is 6.09 Å². The summed E-state index contributed by atoms with van der Waals surface area (Å²) in [6.07, 6.45) is -1.02. The molecule has 1 heterocycles. The molecule has 4 rings (SSSR count). The molecule has 1 aromatic heterocycles. The Morgan fingerprint density at radius 2 is 1.56 bits per heavy atom. The Morgan fingerprint density at radius 3 is 2.18 bits per heavy atom. The minimum absolute atomic E-state index is 0.0231. The van der Waals surface area contributed by atoms with E-state index in [1.54, 1.807) is 19.1 Å². The summed E-state index contributed by atoms with van der Waals surface area (Å²) >= 11 is 0. The van der Waals surface area contributed by atoms with E-state index in [0.29, 0.717) is 11.1 Å². The number of carbonyl (C=O) groups excluding carboxylic acids is 2. The Hall–Kier alpha value is -4.44. The second-order valence-electron chi connectivity index (χ2n) is 9.09. The second-order valence-corrected chi connectivity index (χ2v) is 10.7. The number of sulfonamides is 1. The van der Waals surface area contributed by atoms with Gasteiger partial charge in [-0.2, -0.15) is 5.10 Å². The topological polar surface area (TPSA) is 119 Å². The van der Waals surface area contributed by atoms with Crippen molar-refractivity contribution >= 4 is 27.7 Å². The van der Waals surface area contributed by atoms with Crippen LogP contribution in [-0.2, 0) is 19.6 Å². The van der Waals surface area contributed by atoms with E-state index < -0.39 is 16.1 Å². The number of hydrogen-bond donors (Lipinski definition) is 2. The van der Waals surface area contributed by atoms with Crippen LogP contribution in [0.5, 0.6) is 0 Å². The van der Waals surface area contributed by atoms with Crippen molar-refractivity contribution in [3.8, 4) is 27.9 Å². The molecule has 0 aliphatic carbocycles. The highest BCUT2D eigenvalue weighted by Crippen LogP contribution is 2.32. The fourth-order valence-electron chi connectivity index (χ4n) is 4.45. The van der Waals surface area contributed by atoms with Gasteiger partial charge in [-0.05, 0) is 69.2 Å². The van der Waals surface area contributed by atoms with Crippen molar-refractivity contribution < 1.29 is 22.7 Å². The van der Waals surface area contributed by atoms with Crippen molar-refractivity contribution in [3.05, 3.63) is 83.7 Å². The number of aromatic nitrogens is 2.